The van der Waals surface area contributed by atoms with Crippen LogP contribution in [-0.2, 0) is 28.6 Å². The van der Waals surface area contributed by atoms with Crippen molar-refractivity contribution in [1.29, 1.82) is 0 Å². The summed E-state index contributed by atoms with van der Waals surface area (Å²) in [5.41, 5.74) is 0. The third-order valence-electron chi connectivity index (χ3n) is 12.0. The van der Waals surface area contributed by atoms with Crippen molar-refractivity contribution in [1.82, 2.24) is 0 Å². The standard InChI is InChI=1S/C53H102O6/c1-5-7-9-11-13-15-24-29-32-36-40-44-51(54)57-47-50(59-53(56)46-42-38-34-27-14-12-10-8-6-2)48-58-52(55)45-41-37-33-30-26-23-21-19-17-16-18-20-22-25-28-31-35-39-43-49(3)4/h49-50H,5-48H2,1-4H3/t50-/m0/s1. The predicted octanol–water partition coefficient (Wildman–Crippen LogP) is 17.1. The SMILES string of the molecule is CCCCCCCCCCCCCC(=O)OC[C@@H](COC(=O)CCCCCCCCCCCCCCCCCCCCC(C)C)OC(=O)CCCCCCCCCCC. The van der Waals surface area contributed by atoms with Gasteiger partial charge in [0.2, 0.25) is 0 Å². The van der Waals surface area contributed by atoms with Crippen LogP contribution in [0, 0.1) is 5.92 Å². The molecular weight excluding hydrogens is 733 g/mol. The first-order valence-electron chi connectivity index (χ1n) is 26.4. The Balaban J connectivity index is 4.14. The number of hydrogen-bond acceptors (Lipinski definition) is 6. The fraction of sp³-hybridized carbons (Fsp3) is 0.943. The molecule has 0 aliphatic rings. The van der Waals surface area contributed by atoms with E-state index in [4.69, 9.17) is 14.2 Å². The summed E-state index contributed by atoms with van der Waals surface area (Å²) in [6.07, 6.45) is 49.6. The Labute approximate surface area is 368 Å². The number of hydrogen-bond donors (Lipinski definition) is 0. The summed E-state index contributed by atoms with van der Waals surface area (Å²) in [7, 11) is 0. The Morgan fingerprint density at radius 3 is 0.831 bits per heavy atom. The molecule has 59 heavy (non-hydrogen) atoms. The van der Waals surface area contributed by atoms with Gasteiger partial charge in [0.05, 0.1) is 0 Å². The van der Waals surface area contributed by atoms with Gasteiger partial charge in [0, 0.05) is 19.3 Å². The Morgan fingerprint density at radius 1 is 0.322 bits per heavy atom. The highest BCUT2D eigenvalue weighted by atomic mass is 16.6. The average molecular weight is 835 g/mol. The number of rotatable bonds is 48. The van der Waals surface area contributed by atoms with E-state index in [0.29, 0.717) is 19.3 Å². The molecule has 0 radical (unpaired) electrons. The molecule has 0 aromatic heterocycles. The van der Waals surface area contributed by atoms with E-state index in [1.54, 1.807) is 0 Å². The van der Waals surface area contributed by atoms with Crippen LogP contribution in [0.2, 0.25) is 0 Å². The van der Waals surface area contributed by atoms with Crippen molar-refractivity contribution >= 4 is 17.9 Å². The van der Waals surface area contributed by atoms with E-state index in [1.807, 2.05) is 0 Å². The van der Waals surface area contributed by atoms with Crippen molar-refractivity contribution < 1.29 is 28.6 Å². The van der Waals surface area contributed by atoms with E-state index in [1.165, 1.54) is 193 Å². The van der Waals surface area contributed by atoms with Crippen LogP contribution < -0.4 is 0 Å². The molecular formula is C53H102O6. The first-order valence-corrected chi connectivity index (χ1v) is 26.4. The molecule has 6 nitrogen and oxygen atoms in total. The second-order valence-electron chi connectivity index (χ2n) is 18.6. The molecule has 0 bridgehead atoms. The van der Waals surface area contributed by atoms with E-state index < -0.39 is 6.10 Å². The van der Waals surface area contributed by atoms with Gasteiger partial charge in [-0.15, -0.1) is 0 Å². The maximum absolute atomic E-state index is 12.7. The maximum atomic E-state index is 12.7. The highest BCUT2D eigenvalue weighted by Gasteiger charge is 2.19. The monoisotopic (exact) mass is 835 g/mol. The molecule has 0 N–H and O–H groups in total. The first-order chi connectivity index (χ1) is 28.9. The van der Waals surface area contributed by atoms with Crippen LogP contribution in [0.1, 0.15) is 297 Å². The molecule has 0 aromatic carbocycles. The molecule has 1 atom stereocenters. The van der Waals surface area contributed by atoms with Gasteiger partial charge >= 0.3 is 17.9 Å². The Kier molecular flexibility index (Phi) is 46.2. The molecule has 0 aliphatic carbocycles. The van der Waals surface area contributed by atoms with E-state index in [0.717, 1.165) is 63.7 Å². The summed E-state index contributed by atoms with van der Waals surface area (Å²) in [5.74, 6) is 0.0118. The molecule has 0 unspecified atom stereocenters. The highest BCUT2D eigenvalue weighted by Crippen LogP contribution is 2.17. The van der Waals surface area contributed by atoms with Crippen molar-refractivity contribution in [2.45, 2.75) is 303 Å². The number of ether oxygens (including phenoxy) is 3. The minimum Gasteiger partial charge on any atom is -0.462 e. The molecule has 0 saturated carbocycles. The van der Waals surface area contributed by atoms with Crippen LogP contribution in [0.3, 0.4) is 0 Å². The summed E-state index contributed by atoms with van der Waals surface area (Å²) in [5, 5.41) is 0. The molecule has 0 aromatic rings. The van der Waals surface area contributed by atoms with Crippen molar-refractivity contribution in [3.05, 3.63) is 0 Å². The van der Waals surface area contributed by atoms with Crippen molar-refractivity contribution in [2.75, 3.05) is 13.2 Å². The molecule has 0 rings (SSSR count). The summed E-state index contributed by atoms with van der Waals surface area (Å²) in [6, 6.07) is 0. The molecule has 350 valence electrons. The lowest BCUT2D eigenvalue weighted by molar-refractivity contribution is -0.167. The Hall–Kier alpha value is -1.59. The second-order valence-corrected chi connectivity index (χ2v) is 18.6. The van der Waals surface area contributed by atoms with Crippen molar-refractivity contribution in [3.63, 3.8) is 0 Å². The molecule has 0 heterocycles. The van der Waals surface area contributed by atoms with Gasteiger partial charge in [-0.3, -0.25) is 14.4 Å². The van der Waals surface area contributed by atoms with Gasteiger partial charge in [0.1, 0.15) is 13.2 Å². The lowest BCUT2D eigenvalue weighted by atomic mass is 10.0. The van der Waals surface area contributed by atoms with Crippen LogP contribution in [-0.4, -0.2) is 37.2 Å². The highest BCUT2D eigenvalue weighted by molar-refractivity contribution is 5.71. The normalized spacial score (nSPS) is 11.9. The molecule has 0 spiro atoms. The zero-order valence-corrected chi connectivity index (χ0v) is 40.2. The van der Waals surface area contributed by atoms with Gasteiger partial charge < -0.3 is 14.2 Å². The van der Waals surface area contributed by atoms with Crippen LogP contribution in [0.15, 0.2) is 0 Å². The largest absolute Gasteiger partial charge is 0.462 e. The average Bonchev–Trinajstić information content (AvgIpc) is 3.22. The van der Waals surface area contributed by atoms with E-state index in [9.17, 15) is 14.4 Å². The molecule has 0 amide bonds. The quantitative estimate of drug-likeness (QED) is 0.0345. The number of carbonyl (C=O) groups is 3. The maximum Gasteiger partial charge on any atom is 0.306 e. The predicted molar refractivity (Wildman–Crippen MR) is 252 cm³/mol. The van der Waals surface area contributed by atoms with Gasteiger partial charge in [0.15, 0.2) is 6.10 Å². The van der Waals surface area contributed by atoms with Crippen LogP contribution >= 0.6 is 0 Å². The lowest BCUT2D eigenvalue weighted by Crippen LogP contribution is -2.30. The van der Waals surface area contributed by atoms with Gasteiger partial charge in [-0.1, -0.05) is 259 Å². The molecule has 0 aliphatic heterocycles. The number of esters is 3. The summed E-state index contributed by atoms with van der Waals surface area (Å²) in [4.78, 5) is 37.8. The van der Waals surface area contributed by atoms with Crippen LogP contribution in [0.5, 0.6) is 0 Å². The number of unbranched alkanes of at least 4 members (excludes halogenated alkanes) is 35. The van der Waals surface area contributed by atoms with Gasteiger partial charge in [-0.05, 0) is 25.2 Å². The summed E-state index contributed by atoms with van der Waals surface area (Å²) in [6.45, 7) is 9.02. The topological polar surface area (TPSA) is 78.9 Å². The fourth-order valence-electron chi connectivity index (χ4n) is 8.04. The fourth-order valence-corrected chi connectivity index (χ4v) is 8.04. The second kappa shape index (κ2) is 47.5. The van der Waals surface area contributed by atoms with Crippen molar-refractivity contribution in [2.24, 2.45) is 5.92 Å². The Bertz CT molecular complexity index is 887. The van der Waals surface area contributed by atoms with Crippen molar-refractivity contribution in [3.8, 4) is 0 Å². The summed E-state index contributed by atoms with van der Waals surface area (Å²) < 4.78 is 16.8. The summed E-state index contributed by atoms with van der Waals surface area (Å²) >= 11 is 0. The van der Waals surface area contributed by atoms with E-state index in [-0.39, 0.29) is 31.1 Å². The van der Waals surface area contributed by atoms with Crippen LogP contribution in [0.25, 0.3) is 0 Å². The van der Waals surface area contributed by atoms with Gasteiger partial charge in [-0.2, -0.15) is 0 Å². The van der Waals surface area contributed by atoms with Gasteiger partial charge in [-0.25, -0.2) is 0 Å². The zero-order valence-electron chi connectivity index (χ0n) is 40.2. The van der Waals surface area contributed by atoms with E-state index >= 15 is 0 Å². The third-order valence-corrected chi connectivity index (χ3v) is 12.0. The number of carbonyl (C=O) groups excluding carboxylic acids is 3. The van der Waals surface area contributed by atoms with Crippen LogP contribution in [0.4, 0.5) is 0 Å². The van der Waals surface area contributed by atoms with Gasteiger partial charge in [0.25, 0.3) is 0 Å². The zero-order chi connectivity index (χ0) is 43.1. The smallest absolute Gasteiger partial charge is 0.306 e. The lowest BCUT2D eigenvalue weighted by Gasteiger charge is -2.18. The molecule has 0 fully saturated rings. The minimum atomic E-state index is -0.759. The van der Waals surface area contributed by atoms with E-state index in [2.05, 4.69) is 27.7 Å². The third kappa shape index (κ3) is 47.3. The molecule has 0 saturated heterocycles. The molecule has 6 heteroatoms. The Morgan fingerprint density at radius 2 is 0.559 bits per heavy atom. The minimum absolute atomic E-state index is 0.0628. The first kappa shape index (κ1) is 57.4.